The number of esters is 1. The van der Waals surface area contributed by atoms with E-state index in [-0.39, 0.29) is 12.6 Å². The minimum Gasteiger partial charge on any atom is -0.469 e. The highest BCUT2D eigenvalue weighted by atomic mass is 16.5. The fraction of sp³-hybridized carbons (Fsp3) is 0.762. The Kier molecular flexibility index (Phi) is 18.3. The van der Waals surface area contributed by atoms with Crippen LogP contribution in [0.4, 0.5) is 0 Å². The molecule has 146 valence electrons. The third-order valence-corrected chi connectivity index (χ3v) is 4.17. The number of rotatable bonds is 17. The lowest BCUT2D eigenvalue weighted by molar-refractivity contribution is -0.140. The Balaban J connectivity index is 3.22. The number of methoxy groups -OCH3 is 1. The molecule has 0 aliphatic carbocycles. The van der Waals surface area contributed by atoms with Gasteiger partial charge in [-0.2, -0.15) is 0 Å². The Morgan fingerprint density at radius 2 is 1.32 bits per heavy atom. The molecule has 0 amide bonds. The third kappa shape index (κ3) is 19.0. The highest BCUT2D eigenvalue weighted by Gasteiger charge is 1.99. The molecule has 4 nitrogen and oxygen atoms in total. The van der Waals surface area contributed by atoms with E-state index in [1.54, 1.807) is 0 Å². The standard InChI is InChI=1S/C21H38O4/c1-25-21(24)18-16-14-12-10-8-6-4-2-3-5-7-9-11-13-15-17-20(23)19-22/h9-12,20,22-23H,2-8,13-19H2,1H3/b11-9-,12-10-/t20-/m1/s1. The van der Waals surface area contributed by atoms with Crippen LogP contribution in [0.15, 0.2) is 24.3 Å². The van der Waals surface area contributed by atoms with Crippen molar-refractivity contribution >= 4 is 5.97 Å². The number of hydrogen-bond acceptors (Lipinski definition) is 4. The molecule has 0 unspecified atom stereocenters. The van der Waals surface area contributed by atoms with E-state index in [2.05, 4.69) is 29.0 Å². The van der Waals surface area contributed by atoms with Crippen LogP contribution in [0.3, 0.4) is 0 Å². The molecule has 0 saturated heterocycles. The molecule has 0 spiro atoms. The summed E-state index contributed by atoms with van der Waals surface area (Å²) in [5, 5.41) is 17.9. The van der Waals surface area contributed by atoms with Crippen LogP contribution in [-0.2, 0) is 9.53 Å². The van der Waals surface area contributed by atoms with Crippen LogP contribution >= 0.6 is 0 Å². The lowest BCUT2D eigenvalue weighted by Gasteiger charge is -2.03. The van der Waals surface area contributed by atoms with Gasteiger partial charge in [-0.15, -0.1) is 0 Å². The van der Waals surface area contributed by atoms with Crippen LogP contribution in [0, 0.1) is 0 Å². The van der Waals surface area contributed by atoms with Gasteiger partial charge in [0.25, 0.3) is 0 Å². The Bertz CT molecular complexity index is 350. The second-order valence-electron chi connectivity index (χ2n) is 6.52. The van der Waals surface area contributed by atoms with E-state index in [0.29, 0.717) is 12.8 Å². The SMILES string of the molecule is COC(=O)CCC/C=C\CCCCCCC/C=C\CCC[C@@H](O)CO. The van der Waals surface area contributed by atoms with Crippen LogP contribution in [0.2, 0.25) is 0 Å². The number of ether oxygens (including phenoxy) is 1. The van der Waals surface area contributed by atoms with Gasteiger partial charge >= 0.3 is 5.97 Å². The van der Waals surface area contributed by atoms with E-state index in [1.807, 2.05) is 0 Å². The minimum absolute atomic E-state index is 0.122. The molecule has 0 rings (SSSR count). The summed E-state index contributed by atoms with van der Waals surface area (Å²) in [6.07, 6.45) is 21.9. The summed E-state index contributed by atoms with van der Waals surface area (Å²) < 4.78 is 4.60. The summed E-state index contributed by atoms with van der Waals surface area (Å²) in [6.45, 7) is -0.130. The highest BCUT2D eigenvalue weighted by molar-refractivity contribution is 5.68. The van der Waals surface area contributed by atoms with Gasteiger partial charge in [-0.1, -0.05) is 43.6 Å². The average Bonchev–Trinajstić information content (AvgIpc) is 2.63. The van der Waals surface area contributed by atoms with Gasteiger partial charge in [-0.25, -0.2) is 0 Å². The van der Waals surface area contributed by atoms with Gasteiger partial charge in [-0.3, -0.25) is 4.79 Å². The van der Waals surface area contributed by atoms with Crippen molar-refractivity contribution in [1.82, 2.24) is 0 Å². The molecule has 0 aromatic carbocycles. The molecule has 0 saturated carbocycles. The maximum atomic E-state index is 10.9. The molecule has 0 fully saturated rings. The van der Waals surface area contributed by atoms with Crippen LogP contribution in [0.5, 0.6) is 0 Å². The van der Waals surface area contributed by atoms with E-state index in [0.717, 1.165) is 38.5 Å². The average molecular weight is 355 g/mol. The number of carbonyl (C=O) groups excluding carboxylic acids is 1. The number of carbonyl (C=O) groups is 1. The zero-order valence-corrected chi connectivity index (χ0v) is 16.0. The normalized spacial score (nSPS) is 12.9. The molecule has 1 atom stereocenters. The largest absolute Gasteiger partial charge is 0.469 e. The molecule has 0 aliphatic heterocycles. The summed E-state index contributed by atoms with van der Waals surface area (Å²) in [6, 6.07) is 0. The maximum absolute atomic E-state index is 10.9. The van der Waals surface area contributed by atoms with Crippen molar-refractivity contribution in [3.8, 4) is 0 Å². The van der Waals surface area contributed by atoms with Crippen molar-refractivity contribution in [2.24, 2.45) is 0 Å². The van der Waals surface area contributed by atoms with Gasteiger partial charge in [-0.05, 0) is 57.8 Å². The summed E-state index contributed by atoms with van der Waals surface area (Å²) >= 11 is 0. The van der Waals surface area contributed by atoms with Crippen molar-refractivity contribution in [2.75, 3.05) is 13.7 Å². The first kappa shape index (κ1) is 23.9. The lowest BCUT2D eigenvalue weighted by Crippen LogP contribution is -2.10. The van der Waals surface area contributed by atoms with Gasteiger partial charge in [0.15, 0.2) is 0 Å². The second-order valence-corrected chi connectivity index (χ2v) is 6.52. The molecular weight excluding hydrogens is 316 g/mol. The second kappa shape index (κ2) is 19.2. The summed E-state index contributed by atoms with van der Waals surface area (Å²) in [4.78, 5) is 10.9. The predicted molar refractivity (Wildman–Crippen MR) is 103 cm³/mol. The molecule has 0 radical (unpaired) electrons. The number of aliphatic hydroxyl groups is 2. The van der Waals surface area contributed by atoms with Crippen LogP contribution < -0.4 is 0 Å². The van der Waals surface area contributed by atoms with Gasteiger partial charge in [0.05, 0.1) is 19.8 Å². The van der Waals surface area contributed by atoms with Crippen LogP contribution in [-0.4, -0.2) is 36.0 Å². The van der Waals surface area contributed by atoms with Crippen LogP contribution in [0.25, 0.3) is 0 Å². The zero-order chi connectivity index (χ0) is 18.6. The number of hydrogen-bond donors (Lipinski definition) is 2. The van der Waals surface area contributed by atoms with Gasteiger partial charge in [0.1, 0.15) is 0 Å². The van der Waals surface area contributed by atoms with Crippen molar-refractivity contribution < 1.29 is 19.7 Å². The van der Waals surface area contributed by atoms with Crippen molar-refractivity contribution in [3.05, 3.63) is 24.3 Å². The quantitative estimate of drug-likeness (QED) is 0.226. The van der Waals surface area contributed by atoms with E-state index in [4.69, 9.17) is 5.11 Å². The predicted octanol–water partition coefficient (Wildman–Crippen LogP) is 4.70. The molecule has 4 heteroatoms. The molecule has 0 aromatic rings. The van der Waals surface area contributed by atoms with Crippen molar-refractivity contribution in [1.29, 1.82) is 0 Å². The zero-order valence-electron chi connectivity index (χ0n) is 16.0. The van der Waals surface area contributed by atoms with E-state index < -0.39 is 6.10 Å². The topological polar surface area (TPSA) is 66.8 Å². The molecule has 0 bridgehead atoms. The molecule has 2 N–H and O–H groups in total. The van der Waals surface area contributed by atoms with Gasteiger partial charge < -0.3 is 14.9 Å². The molecule has 0 aliphatic rings. The fourth-order valence-electron chi connectivity index (χ4n) is 2.56. The van der Waals surface area contributed by atoms with Crippen molar-refractivity contribution in [2.45, 2.75) is 89.6 Å². The summed E-state index contributed by atoms with van der Waals surface area (Å²) in [5.74, 6) is -0.122. The minimum atomic E-state index is -0.553. The number of aliphatic hydroxyl groups excluding tert-OH is 2. The Hall–Kier alpha value is -1.13. The molecule has 25 heavy (non-hydrogen) atoms. The number of allylic oxidation sites excluding steroid dienone is 4. The fourth-order valence-corrected chi connectivity index (χ4v) is 2.56. The first-order chi connectivity index (χ1) is 12.2. The Labute approximate surface area is 154 Å². The van der Waals surface area contributed by atoms with Gasteiger partial charge in [0, 0.05) is 6.42 Å². The highest BCUT2D eigenvalue weighted by Crippen LogP contribution is 2.09. The third-order valence-electron chi connectivity index (χ3n) is 4.17. The Morgan fingerprint density at radius 3 is 1.84 bits per heavy atom. The molecule has 0 heterocycles. The maximum Gasteiger partial charge on any atom is 0.305 e. The first-order valence-corrected chi connectivity index (χ1v) is 9.86. The van der Waals surface area contributed by atoms with Gasteiger partial charge in [0.2, 0.25) is 0 Å². The van der Waals surface area contributed by atoms with E-state index >= 15 is 0 Å². The summed E-state index contributed by atoms with van der Waals surface area (Å²) in [7, 11) is 1.43. The van der Waals surface area contributed by atoms with Crippen LogP contribution in [0.1, 0.15) is 83.5 Å². The van der Waals surface area contributed by atoms with E-state index in [1.165, 1.54) is 39.2 Å². The first-order valence-electron chi connectivity index (χ1n) is 9.86. The number of unbranched alkanes of at least 4 members (excludes halogenated alkanes) is 8. The van der Waals surface area contributed by atoms with Crippen molar-refractivity contribution in [3.63, 3.8) is 0 Å². The summed E-state index contributed by atoms with van der Waals surface area (Å²) in [5.41, 5.74) is 0. The molecular formula is C21H38O4. The lowest BCUT2D eigenvalue weighted by atomic mass is 10.1. The monoisotopic (exact) mass is 354 g/mol. The van der Waals surface area contributed by atoms with E-state index in [9.17, 15) is 9.90 Å². The molecule has 0 aromatic heterocycles. The Morgan fingerprint density at radius 1 is 0.840 bits per heavy atom. The smallest absolute Gasteiger partial charge is 0.305 e.